The fourth-order valence-corrected chi connectivity index (χ4v) is 6.55. The molecule has 50 heavy (non-hydrogen) atoms. The standard InChI is InChI=1S/C36H32ClN7O6/c37-30-17-26(11-8-22(30)18-38)50-27-15-24(16-27)39-34(46)21-6-9-25(10-7-21)44-19-23(41-42-44)3-2-14-49-32-5-1-4-28-29(32)20-43(36(28)48)31-12-13-33(45)40-35(31)47/h1,4-11,17,19,24,27,31H,2-3,12-16,20H2,(H,39,46)(H,40,45,47)/t24-,27-,31?. The van der Waals surface area contributed by atoms with Gasteiger partial charge in [-0.2, -0.15) is 5.26 Å². The van der Waals surface area contributed by atoms with Crippen LogP contribution in [0, 0.1) is 11.3 Å². The Morgan fingerprint density at radius 1 is 1.10 bits per heavy atom. The molecule has 1 atom stereocenters. The molecule has 3 heterocycles. The number of hydrogen-bond donors (Lipinski definition) is 2. The zero-order chi connectivity index (χ0) is 34.8. The summed E-state index contributed by atoms with van der Waals surface area (Å²) < 4.78 is 13.6. The quantitative estimate of drug-likeness (QED) is 0.175. The lowest BCUT2D eigenvalue weighted by atomic mass is 9.89. The summed E-state index contributed by atoms with van der Waals surface area (Å²) in [7, 11) is 0. The lowest BCUT2D eigenvalue weighted by molar-refractivity contribution is -0.136. The van der Waals surface area contributed by atoms with Gasteiger partial charge >= 0.3 is 0 Å². The number of aromatic nitrogens is 3. The van der Waals surface area contributed by atoms with Crippen LogP contribution in [-0.2, 0) is 22.6 Å². The highest BCUT2D eigenvalue weighted by Crippen LogP contribution is 2.34. The third-order valence-electron chi connectivity index (χ3n) is 9.10. The van der Waals surface area contributed by atoms with Gasteiger partial charge in [0.2, 0.25) is 11.8 Å². The van der Waals surface area contributed by atoms with Crippen LogP contribution in [0.3, 0.4) is 0 Å². The Kier molecular flexibility index (Phi) is 9.19. The Balaban J connectivity index is 0.859. The minimum atomic E-state index is -0.679. The maximum atomic E-state index is 13.1. The number of carbonyl (C=O) groups excluding carboxylic acids is 4. The number of rotatable bonds is 11. The van der Waals surface area contributed by atoms with Crippen LogP contribution in [0.5, 0.6) is 11.5 Å². The number of piperidine rings is 1. The summed E-state index contributed by atoms with van der Waals surface area (Å²) in [6, 6.07) is 18.7. The molecule has 4 amide bonds. The second kappa shape index (κ2) is 14.0. The zero-order valence-electron chi connectivity index (χ0n) is 26.8. The molecule has 2 N–H and O–H groups in total. The molecule has 14 heteroatoms. The molecule has 3 aromatic carbocycles. The Labute approximate surface area is 292 Å². The summed E-state index contributed by atoms with van der Waals surface area (Å²) in [6.07, 6.45) is 4.91. The highest BCUT2D eigenvalue weighted by Gasteiger charge is 2.40. The Morgan fingerprint density at radius 2 is 1.92 bits per heavy atom. The van der Waals surface area contributed by atoms with Gasteiger partial charge in [0, 0.05) is 48.1 Å². The van der Waals surface area contributed by atoms with Gasteiger partial charge in [0.1, 0.15) is 29.7 Å². The van der Waals surface area contributed by atoms with Crippen molar-refractivity contribution in [2.24, 2.45) is 0 Å². The zero-order valence-corrected chi connectivity index (χ0v) is 27.6. The summed E-state index contributed by atoms with van der Waals surface area (Å²) in [5.74, 6) is 0.0144. The number of aryl methyl sites for hydroxylation is 1. The number of benzene rings is 3. The van der Waals surface area contributed by atoms with Gasteiger partial charge in [-0.15, -0.1) is 5.10 Å². The number of amides is 4. The molecule has 13 nitrogen and oxygen atoms in total. The van der Waals surface area contributed by atoms with Crippen molar-refractivity contribution in [3.8, 4) is 23.3 Å². The number of ether oxygens (including phenoxy) is 2. The van der Waals surface area contributed by atoms with Gasteiger partial charge in [0.05, 0.1) is 41.3 Å². The first-order valence-corrected chi connectivity index (χ1v) is 16.7. The molecule has 1 aromatic heterocycles. The van der Waals surface area contributed by atoms with E-state index in [1.165, 1.54) is 4.90 Å². The molecule has 254 valence electrons. The topological polar surface area (TPSA) is 169 Å². The van der Waals surface area contributed by atoms with Gasteiger partial charge in [0.15, 0.2) is 0 Å². The number of imide groups is 1. The van der Waals surface area contributed by atoms with E-state index in [0.717, 1.165) is 16.9 Å². The molecule has 1 unspecified atom stereocenters. The van der Waals surface area contributed by atoms with Crippen molar-refractivity contribution in [2.75, 3.05) is 6.61 Å². The molecule has 0 radical (unpaired) electrons. The average molecular weight is 694 g/mol. The van der Waals surface area contributed by atoms with E-state index in [2.05, 4.69) is 20.9 Å². The number of nitrogens with one attached hydrogen (secondary N) is 2. The van der Waals surface area contributed by atoms with Gasteiger partial charge in [0.25, 0.3) is 11.8 Å². The maximum Gasteiger partial charge on any atom is 0.255 e. The summed E-state index contributed by atoms with van der Waals surface area (Å²) in [5.41, 5.74) is 3.71. The van der Waals surface area contributed by atoms with Crippen molar-refractivity contribution in [1.29, 1.82) is 5.26 Å². The van der Waals surface area contributed by atoms with Crippen molar-refractivity contribution in [1.82, 2.24) is 30.5 Å². The number of hydrogen-bond acceptors (Lipinski definition) is 9. The maximum absolute atomic E-state index is 13.1. The summed E-state index contributed by atoms with van der Waals surface area (Å²) in [6.45, 7) is 0.635. The molecule has 1 saturated heterocycles. The normalized spacial score (nSPS) is 19.6. The van der Waals surface area contributed by atoms with Crippen LogP contribution in [0.15, 0.2) is 66.9 Å². The molecule has 7 rings (SSSR count). The molecule has 2 aliphatic heterocycles. The molecular weight excluding hydrogens is 662 g/mol. The summed E-state index contributed by atoms with van der Waals surface area (Å²) >= 11 is 6.08. The fourth-order valence-electron chi connectivity index (χ4n) is 6.33. The van der Waals surface area contributed by atoms with Crippen molar-refractivity contribution in [2.45, 2.75) is 63.3 Å². The minimum Gasteiger partial charge on any atom is -0.493 e. The number of fused-ring (bicyclic) bond motifs is 1. The fraction of sp³-hybridized carbons (Fsp3) is 0.306. The van der Waals surface area contributed by atoms with E-state index >= 15 is 0 Å². The number of carbonyl (C=O) groups is 4. The van der Waals surface area contributed by atoms with E-state index in [1.54, 1.807) is 47.1 Å². The van der Waals surface area contributed by atoms with Crippen LogP contribution < -0.4 is 20.1 Å². The van der Waals surface area contributed by atoms with Gasteiger partial charge < -0.3 is 19.7 Å². The van der Waals surface area contributed by atoms with Crippen LogP contribution in [0.4, 0.5) is 0 Å². The molecular formula is C36H32ClN7O6. The lowest BCUT2D eigenvalue weighted by Gasteiger charge is -2.35. The number of halogens is 1. The highest BCUT2D eigenvalue weighted by molar-refractivity contribution is 6.31. The van der Waals surface area contributed by atoms with Crippen LogP contribution >= 0.6 is 11.6 Å². The Morgan fingerprint density at radius 3 is 2.68 bits per heavy atom. The predicted octanol–water partition coefficient (Wildman–Crippen LogP) is 3.90. The van der Waals surface area contributed by atoms with Gasteiger partial charge in [-0.1, -0.05) is 22.9 Å². The largest absolute Gasteiger partial charge is 0.493 e. The molecule has 3 aliphatic rings. The summed E-state index contributed by atoms with van der Waals surface area (Å²) in [5, 5.41) is 23.2. The van der Waals surface area contributed by atoms with E-state index in [4.69, 9.17) is 26.3 Å². The monoisotopic (exact) mass is 693 g/mol. The Hall–Kier alpha value is -5.74. The summed E-state index contributed by atoms with van der Waals surface area (Å²) in [4.78, 5) is 51.3. The molecule has 2 fully saturated rings. The van der Waals surface area contributed by atoms with E-state index in [0.29, 0.717) is 71.9 Å². The predicted molar refractivity (Wildman–Crippen MR) is 179 cm³/mol. The molecule has 0 spiro atoms. The molecule has 1 saturated carbocycles. The SMILES string of the molecule is N#Cc1ccc(O[C@H]2C[C@H](NC(=O)c3ccc(-n4cc(CCCOc5cccc6c5CN(C5CCC(=O)NC5=O)C6=O)nn4)cc3)C2)cc1Cl. The van der Waals surface area contributed by atoms with Gasteiger partial charge in [-0.3, -0.25) is 24.5 Å². The average Bonchev–Trinajstić information content (AvgIpc) is 3.71. The van der Waals surface area contributed by atoms with Crippen LogP contribution in [0.2, 0.25) is 5.02 Å². The first kappa shape index (κ1) is 32.8. The van der Waals surface area contributed by atoms with Crippen LogP contribution in [-0.4, -0.2) is 68.3 Å². The molecule has 1 aliphatic carbocycles. The van der Waals surface area contributed by atoms with E-state index in [9.17, 15) is 19.2 Å². The highest BCUT2D eigenvalue weighted by atomic mass is 35.5. The van der Waals surface area contributed by atoms with E-state index in [-0.39, 0.29) is 42.8 Å². The third kappa shape index (κ3) is 6.88. The van der Waals surface area contributed by atoms with E-state index in [1.807, 2.05) is 30.5 Å². The van der Waals surface area contributed by atoms with Crippen molar-refractivity contribution in [3.63, 3.8) is 0 Å². The van der Waals surface area contributed by atoms with Crippen molar-refractivity contribution in [3.05, 3.63) is 99.8 Å². The first-order chi connectivity index (χ1) is 24.2. The van der Waals surface area contributed by atoms with Crippen LogP contribution in [0.1, 0.15) is 69.6 Å². The molecule has 4 aromatic rings. The first-order valence-electron chi connectivity index (χ1n) is 16.3. The second-order valence-electron chi connectivity index (χ2n) is 12.5. The van der Waals surface area contributed by atoms with Crippen LogP contribution in [0.25, 0.3) is 5.69 Å². The lowest BCUT2D eigenvalue weighted by Crippen LogP contribution is -2.52. The van der Waals surface area contributed by atoms with Gasteiger partial charge in [-0.05, 0) is 67.8 Å². The minimum absolute atomic E-state index is 0.000659. The molecule has 0 bridgehead atoms. The smallest absolute Gasteiger partial charge is 0.255 e. The Bertz CT molecular complexity index is 2020. The second-order valence-corrected chi connectivity index (χ2v) is 12.9. The van der Waals surface area contributed by atoms with Crippen molar-refractivity contribution >= 4 is 35.2 Å². The van der Waals surface area contributed by atoms with E-state index < -0.39 is 11.9 Å². The third-order valence-corrected chi connectivity index (χ3v) is 9.42. The number of nitriles is 1. The van der Waals surface area contributed by atoms with Gasteiger partial charge in [-0.25, -0.2) is 4.68 Å². The number of nitrogens with zero attached hydrogens (tertiary/aromatic N) is 5. The van der Waals surface area contributed by atoms with Crippen molar-refractivity contribution < 1.29 is 28.7 Å².